The molecule has 0 saturated carbocycles. The number of hydrogen-bond donors (Lipinski definition) is 3. The smallest absolute Gasteiger partial charge is 0.208 e. The molecule has 0 aromatic carbocycles. The van der Waals surface area contributed by atoms with Gasteiger partial charge >= 0.3 is 0 Å². The number of nitrogens with zero attached hydrogens (tertiary/aromatic N) is 5. The molecule has 0 amide bonds. The minimum atomic E-state index is -1.14. The lowest BCUT2D eigenvalue weighted by Gasteiger charge is -2.13. The van der Waals surface area contributed by atoms with Gasteiger partial charge in [-0.1, -0.05) is 17.8 Å². The lowest BCUT2D eigenvalue weighted by atomic mass is 10.3. The van der Waals surface area contributed by atoms with Gasteiger partial charge in [-0.05, 0) is 37.6 Å². The first-order chi connectivity index (χ1) is 15.5. The Kier molecular flexibility index (Phi) is 6.90. The summed E-state index contributed by atoms with van der Waals surface area (Å²) in [5.74, 6) is 1.64. The molecule has 0 saturated heterocycles. The van der Waals surface area contributed by atoms with Gasteiger partial charge in [0.05, 0.1) is 12.3 Å². The van der Waals surface area contributed by atoms with E-state index in [9.17, 15) is 5.11 Å². The van der Waals surface area contributed by atoms with Crippen LogP contribution in [0.1, 0.15) is 23.2 Å². The summed E-state index contributed by atoms with van der Waals surface area (Å²) in [4.78, 5) is 18.3. The number of aryl methyl sites for hydroxylation is 2. The first kappa shape index (κ1) is 22.1. The van der Waals surface area contributed by atoms with Crippen LogP contribution in [0.15, 0.2) is 58.8 Å². The van der Waals surface area contributed by atoms with Crippen molar-refractivity contribution in [1.29, 1.82) is 0 Å². The van der Waals surface area contributed by atoms with Crippen molar-refractivity contribution in [2.45, 2.75) is 29.9 Å². The highest BCUT2D eigenvalue weighted by Crippen LogP contribution is 2.37. The lowest BCUT2D eigenvalue weighted by molar-refractivity contribution is 0.0897. The van der Waals surface area contributed by atoms with Crippen LogP contribution in [0, 0.1) is 13.8 Å². The van der Waals surface area contributed by atoms with Gasteiger partial charge in [0.25, 0.3) is 0 Å². The molecule has 0 bridgehead atoms. The molecule has 1 atom stereocenters. The highest BCUT2D eigenvalue weighted by molar-refractivity contribution is 7.99. The molecule has 0 radical (unpaired) electrons. The van der Waals surface area contributed by atoms with Gasteiger partial charge in [0.15, 0.2) is 17.4 Å². The van der Waals surface area contributed by atoms with Crippen LogP contribution in [0.2, 0.25) is 0 Å². The second-order valence-corrected chi connectivity index (χ2v) is 8.53. The summed E-state index contributed by atoms with van der Waals surface area (Å²) < 4.78 is 10.2. The van der Waals surface area contributed by atoms with Crippen LogP contribution >= 0.6 is 23.3 Å². The van der Waals surface area contributed by atoms with Crippen molar-refractivity contribution in [3.8, 4) is 11.5 Å². The fraction of sp³-hybridized carbons (Fsp3) is 0.190. The predicted molar refractivity (Wildman–Crippen MR) is 122 cm³/mol. The number of nitrogens with one attached hydrogen (secondary N) is 1. The standard InChI is InChI=1S/C21H20N6O3S2/c1-12-5-3-8-23-20(12)31-14-9-17(30-16-6-4-7-22-13(16)2)19(24-10-14)26-21-25-18(27-32-21)15(29)11-28/h3-10,15,28-29H,11H2,1-2H3,(H,24,25,26,27)/t15-/m1/s1. The van der Waals surface area contributed by atoms with Gasteiger partial charge in [-0.3, -0.25) is 4.98 Å². The summed E-state index contributed by atoms with van der Waals surface area (Å²) in [6.45, 7) is 3.41. The van der Waals surface area contributed by atoms with Crippen LogP contribution in [0.5, 0.6) is 11.5 Å². The van der Waals surface area contributed by atoms with Crippen molar-refractivity contribution in [2.24, 2.45) is 0 Å². The monoisotopic (exact) mass is 468 g/mol. The van der Waals surface area contributed by atoms with Crippen molar-refractivity contribution < 1.29 is 14.9 Å². The van der Waals surface area contributed by atoms with E-state index >= 15 is 0 Å². The zero-order valence-electron chi connectivity index (χ0n) is 17.3. The summed E-state index contributed by atoms with van der Waals surface area (Å²) in [5, 5.41) is 23.2. The molecule has 4 aromatic rings. The molecule has 164 valence electrons. The first-order valence-electron chi connectivity index (χ1n) is 9.62. The molecule has 0 spiro atoms. The Balaban J connectivity index is 1.66. The fourth-order valence-electron chi connectivity index (χ4n) is 2.64. The minimum Gasteiger partial charge on any atom is -0.452 e. The second-order valence-electron chi connectivity index (χ2n) is 6.72. The Labute approximate surface area is 192 Å². The molecule has 0 aliphatic heterocycles. The van der Waals surface area contributed by atoms with Crippen molar-refractivity contribution in [3.05, 3.63) is 66.0 Å². The van der Waals surface area contributed by atoms with Crippen molar-refractivity contribution in [2.75, 3.05) is 11.9 Å². The summed E-state index contributed by atoms with van der Waals surface area (Å²) >= 11 is 2.53. The van der Waals surface area contributed by atoms with Gasteiger partial charge in [0.1, 0.15) is 16.9 Å². The maximum absolute atomic E-state index is 9.74. The highest BCUT2D eigenvalue weighted by atomic mass is 32.2. The number of aliphatic hydroxyl groups is 2. The third-order valence-corrected chi connectivity index (χ3v) is 6.04. The van der Waals surface area contributed by atoms with Gasteiger partial charge in [-0.15, -0.1) is 0 Å². The third-order valence-electron chi connectivity index (χ3n) is 4.32. The molecule has 4 rings (SSSR count). The summed E-state index contributed by atoms with van der Waals surface area (Å²) in [7, 11) is 0. The van der Waals surface area contributed by atoms with E-state index in [0.717, 1.165) is 32.7 Å². The van der Waals surface area contributed by atoms with Crippen molar-refractivity contribution >= 4 is 34.2 Å². The summed E-state index contributed by atoms with van der Waals surface area (Å²) in [6, 6.07) is 9.39. The fourth-order valence-corrected chi connectivity index (χ4v) is 4.10. The third kappa shape index (κ3) is 5.19. The molecule has 3 N–H and O–H groups in total. The number of aliphatic hydroxyl groups excluding tert-OH is 2. The predicted octanol–water partition coefficient (Wildman–Crippen LogP) is 4.05. The number of ether oxygens (including phenoxy) is 1. The Morgan fingerprint density at radius 2 is 1.94 bits per heavy atom. The second kappa shape index (κ2) is 10.0. The van der Waals surface area contributed by atoms with E-state index in [1.54, 1.807) is 24.7 Å². The quantitative estimate of drug-likeness (QED) is 0.348. The average Bonchev–Trinajstić information content (AvgIpc) is 3.26. The maximum Gasteiger partial charge on any atom is 0.208 e. The van der Waals surface area contributed by atoms with E-state index < -0.39 is 12.7 Å². The van der Waals surface area contributed by atoms with E-state index in [0.29, 0.717) is 22.4 Å². The van der Waals surface area contributed by atoms with Gasteiger partial charge in [0, 0.05) is 41.1 Å². The lowest BCUT2D eigenvalue weighted by Crippen LogP contribution is -2.04. The summed E-state index contributed by atoms with van der Waals surface area (Å²) in [5.41, 5.74) is 1.80. The molecule has 0 aliphatic rings. The van der Waals surface area contributed by atoms with Crippen LogP contribution in [0.25, 0.3) is 0 Å². The first-order valence-corrected chi connectivity index (χ1v) is 11.2. The topological polar surface area (TPSA) is 126 Å². The maximum atomic E-state index is 9.74. The SMILES string of the molecule is Cc1cccnc1Sc1cnc(Nc2nc([C@H](O)CO)ns2)c(Oc2cccnc2C)c1. The normalized spacial score (nSPS) is 11.9. The van der Waals surface area contributed by atoms with Crippen LogP contribution in [-0.4, -0.2) is 41.1 Å². The average molecular weight is 469 g/mol. The van der Waals surface area contributed by atoms with Gasteiger partial charge in [-0.2, -0.15) is 4.37 Å². The Hall–Kier alpha value is -3.12. The summed E-state index contributed by atoms with van der Waals surface area (Å²) in [6.07, 6.45) is 4.03. The van der Waals surface area contributed by atoms with Gasteiger partial charge < -0.3 is 20.3 Å². The van der Waals surface area contributed by atoms with E-state index in [-0.39, 0.29) is 5.82 Å². The largest absolute Gasteiger partial charge is 0.452 e. The molecule has 11 heteroatoms. The minimum absolute atomic E-state index is 0.142. The van der Waals surface area contributed by atoms with Crippen molar-refractivity contribution in [3.63, 3.8) is 0 Å². The van der Waals surface area contributed by atoms with Gasteiger partial charge in [-0.25, -0.2) is 15.0 Å². The molecule has 4 heterocycles. The van der Waals surface area contributed by atoms with E-state index in [4.69, 9.17) is 9.84 Å². The zero-order chi connectivity index (χ0) is 22.5. The molecule has 4 aromatic heterocycles. The molecule has 0 fully saturated rings. The highest BCUT2D eigenvalue weighted by Gasteiger charge is 2.16. The Morgan fingerprint density at radius 3 is 2.72 bits per heavy atom. The molecule has 9 nitrogen and oxygen atoms in total. The number of rotatable bonds is 8. The molecular weight excluding hydrogens is 448 g/mol. The Morgan fingerprint density at radius 1 is 1.12 bits per heavy atom. The van der Waals surface area contributed by atoms with E-state index in [1.807, 2.05) is 38.1 Å². The number of anilines is 2. The van der Waals surface area contributed by atoms with Crippen LogP contribution < -0.4 is 10.1 Å². The van der Waals surface area contributed by atoms with Crippen molar-refractivity contribution in [1.82, 2.24) is 24.3 Å². The van der Waals surface area contributed by atoms with E-state index in [1.165, 1.54) is 11.8 Å². The van der Waals surface area contributed by atoms with E-state index in [2.05, 4.69) is 29.6 Å². The molecule has 0 aliphatic carbocycles. The Bertz CT molecular complexity index is 1220. The number of pyridine rings is 3. The van der Waals surface area contributed by atoms with Gasteiger partial charge in [0.2, 0.25) is 5.13 Å². The molecule has 32 heavy (non-hydrogen) atoms. The zero-order valence-corrected chi connectivity index (χ0v) is 18.9. The van der Waals surface area contributed by atoms with Crippen LogP contribution in [0.4, 0.5) is 10.9 Å². The van der Waals surface area contributed by atoms with Crippen LogP contribution in [0.3, 0.4) is 0 Å². The number of aromatic nitrogens is 5. The molecule has 0 unspecified atom stereocenters. The van der Waals surface area contributed by atoms with Crippen LogP contribution in [-0.2, 0) is 0 Å². The molecular formula is C21H20N6O3S2. The number of hydrogen-bond acceptors (Lipinski definition) is 11.